The molecule has 142 valence electrons. The van der Waals surface area contributed by atoms with Gasteiger partial charge < -0.3 is 5.32 Å². The van der Waals surface area contributed by atoms with Crippen LogP contribution in [0.4, 0.5) is 4.79 Å². The van der Waals surface area contributed by atoms with E-state index in [1.807, 2.05) is 36.4 Å². The van der Waals surface area contributed by atoms with E-state index >= 15 is 0 Å². The highest BCUT2D eigenvalue weighted by molar-refractivity contribution is 8.00. The summed E-state index contributed by atoms with van der Waals surface area (Å²) in [5.74, 6) is -0.304. The number of carbonyl (C=O) groups excluding carboxylic acids is 2. The third kappa shape index (κ3) is 3.27. The van der Waals surface area contributed by atoms with Crippen molar-refractivity contribution in [2.24, 2.45) is 0 Å². The second-order valence-corrected chi connectivity index (χ2v) is 7.68. The van der Waals surface area contributed by atoms with Crippen LogP contribution in [0, 0.1) is 0 Å². The lowest BCUT2D eigenvalue weighted by atomic mass is 10.2. The van der Waals surface area contributed by atoms with Crippen molar-refractivity contribution in [2.75, 3.05) is 13.1 Å². The minimum absolute atomic E-state index is 0.196. The van der Waals surface area contributed by atoms with Gasteiger partial charge in [0.2, 0.25) is 5.91 Å². The largest absolute Gasteiger partial charge is 0.336 e. The minimum Gasteiger partial charge on any atom is -0.336 e. The second-order valence-electron chi connectivity index (χ2n) is 6.37. The summed E-state index contributed by atoms with van der Waals surface area (Å²) in [5, 5.41) is 2.97. The highest BCUT2D eigenvalue weighted by Crippen LogP contribution is 2.26. The monoisotopic (exact) mass is 394 g/mol. The predicted octanol–water partition coefficient (Wildman–Crippen LogP) is 2.42. The molecule has 8 heteroatoms. The zero-order chi connectivity index (χ0) is 19.7. The maximum absolute atomic E-state index is 13.2. The number of urea groups is 1. The van der Waals surface area contributed by atoms with E-state index in [-0.39, 0.29) is 17.5 Å². The van der Waals surface area contributed by atoms with Crippen LogP contribution in [0.15, 0.2) is 64.5 Å². The molecule has 2 heterocycles. The van der Waals surface area contributed by atoms with Crippen LogP contribution in [0.5, 0.6) is 0 Å². The molecule has 1 N–H and O–H groups in total. The molecule has 0 spiro atoms. The van der Waals surface area contributed by atoms with Crippen LogP contribution in [-0.4, -0.2) is 44.7 Å². The fraction of sp³-hybridized carbons (Fsp3) is 0.200. The van der Waals surface area contributed by atoms with E-state index in [2.05, 4.69) is 10.3 Å². The third-order valence-corrected chi connectivity index (χ3v) is 5.55. The molecule has 3 amide bonds. The molecule has 4 rings (SSSR count). The van der Waals surface area contributed by atoms with E-state index < -0.39 is 5.25 Å². The number of thioether (sulfide) groups is 1. The molecule has 1 aliphatic rings. The summed E-state index contributed by atoms with van der Waals surface area (Å²) in [5.41, 5.74) is 1.05. The number of nitrogens with zero attached hydrogens (tertiary/aromatic N) is 3. The van der Waals surface area contributed by atoms with Crippen molar-refractivity contribution in [3.8, 4) is 5.69 Å². The normalized spacial score (nSPS) is 14.9. The van der Waals surface area contributed by atoms with E-state index in [0.29, 0.717) is 34.8 Å². The molecule has 0 saturated carbocycles. The van der Waals surface area contributed by atoms with Crippen molar-refractivity contribution >= 4 is 34.6 Å². The minimum atomic E-state index is -0.577. The Hall–Kier alpha value is -3.13. The number of amides is 3. The van der Waals surface area contributed by atoms with Gasteiger partial charge in [0.1, 0.15) is 0 Å². The fourth-order valence-corrected chi connectivity index (χ4v) is 4.10. The van der Waals surface area contributed by atoms with Crippen molar-refractivity contribution in [3.05, 3.63) is 65.0 Å². The first-order valence-corrected chi connectivity index (χ1v) is 9.77. The number of para-hydroxylation sites is 2. The summed E-state index contributed by atoms with van der Waals surface area (Å²) in [6.07, 6.45) is 0. The highest BCUT2D eigenvalue weighted by Gasteiger charge is 2.31. The van der Waals surface area contributed by atoms with Gasteiger partial charge in [-0.1, -0.05) is 42.1 Å². The van der Waals surface area contributed by atoms with Crippen molar-refractivity contribution in [3.63, 3.8) is 0 Å². The Balaban J connectivity index is 1.78. The number of fused-ring (bicyclic) bond motifs is 1. The molecule has 1 aliphatic heterocycles. The molecule has 0 radical (unpaired) electrons. The standard InChI is InChI=1S/C20H18N4O3S/c1-13(17(25)23-12-11-21-19(23)27)28-20-22-16-10-6-5-9-15(16)18(26)24(20)14-7-3-2-4-8-14/h2-10,13H,11-12H2,1H3,(H,21,27). The summed E-state index contributed by atoms with van der Waals surface area (Å²) in [6, 6.07) is 15.9. The SMILES string of the molecule is CC(Sc1nc2ccccc2c(=O)n1-c1ccccc1)C(=O)N1CCNC1=O. The average molecular weight is 394 g/mol. The van der Waals surface area contributed by atoms with Gasteiger partial charge in [0.15, 0.2) is 5.16 Å². The topological polar surface area (TPSA) is 84.3 Å². The molecule has 1 atom stereocenters. The summed E-state index contributed by atoms with van der Waals surface area (Å²) in [4.78, 5) is 43.5. The van der Waals surface area contributed by atoms with Gasteiger partial charge in [0.05, 0.1) is 21.8 Å². The van der Waals surface area contributed by atoms with E-state index in [0.717, 1.165) is 0 Å². The second kappa shape index (κ2) is 7.47. The van der Waals surface area contributed by atoms with Crippen LogP contribution in [0.25, 0.3) is 16.6 Å². The van der Waals surface area contributed by atoms with Crippen molar-refractivity contribution in [2.45, 2.75) is 17.3 Å². The lowest BCUT2D eigenvalue weighted by molar-refractivity contribution is -0.126. The van der Waals surface area contributed by atoms with Gasteiger partial charge in [-0.05, 0) is 31.2 Å². The molecule has 28 heavy (non-hydrogen) atoms. The molecular formula is C20H18N4O3S. The van der Waals surface area contributed by atoms with Crippen molar-refractivity contribution in [1.82, 2.24) is 19.8 Å². The highest BCUT2D eigenvalue weighted by atomic mass is 32.2. The molecule has 1 fully saturated rings. The van der Waals surface area contributed by atoms with Crippen molar-refractivity contribution < 1.29 is 9.59 Å². The lowest BCUT2D eigenvalue weighted by Crippen LogP contribution is -2.39. The number of hydrogen-bond acceptors (Lipinski definition) is 5. The number of benzene rings is 2. The van der Waals surface area contributed by atoms with Crippen LogP contribution in [0.2, 0.25) is 0 Å². The fourth-order valence-electron chi connectivity index (χ4n) is 3.11. The van der Waals surface area contributed by atoms with Crippen molar-refractivity contribution in [1.29, 1.82) is 0 Å². The van der Waals surface area contributed by atoms with Crippen LogP contribution in [0.1, 0.15) is 6.92 Å². The smallest absolute Gasteiger partial charge is 0.324 e. The predicted molar refractivity (Wildman–Crippen MR) is 108 cm³/mol. The van der Waals surface area contributed by atoms with E-state index in [1.165, 1.54) is 21.2 Å². The van der Waals surface area contributed by atoms with Gasteiger partial charge in [-0.25, -0.2) is 9.78 Å². The summed E-state index contributed by atoms with van der Waals surface area (Å²) in [7, 11) is 0. The third-order valence-electron chi connectivity index (χ3n) is 4.51. The molecule has 0 bridgehead atoms. The zero-order valence-electron chi connectivity index (χ0n) is 15.2. The Kier molecular flexibility index (Phi) is 4.87. The number of imide groups is 1. The van der Waals surface area contributed by atoms with Crippen LogP contribution in [0.3, 0.4) is 0 Å². The summed E-state index contributed by atoms with van der Waals surface area (Å²) in [6.45, 7) is 2.51. The number of hydrogen-bond donors (Lipinski definition) is 1. The first-order chi connectivity index (χ1) is 13.6. The number of aromatic nitrogens is 2. The first kappa shape index (κ1) is 18.2. The van der Waals surface area contributed by atoms with E-state index in [1.54, 1.807) is 25.1 Å². The van der Waals surface area contributed by atoms with Crippen LogP contribution < -0.4 is 10.9 Å². The quantitative estimate of drug-likeness (QED) is 0.543. The van der Waals surface area contributed by atoms with Gasteiger partial charge in [-0.15, -0.1) is 0 Å². The first-order valence-electron chi connectivity index (χ1n) is 8.89. The van der Waals surface area contributed by atoms with Gasteiger partial charge in [-0.2, -0.15) is 0 Å². The number of rotatable bonds is 4. The average Bonchev–Trinajstić information content (AvgIpc) is 3.14. The maximum atomic E-state index is 13.2. The molecule has 3 aromatic rings. The van der Waals surface area contributed by atoms with Crippen LogP contribution >= 0.6 is 11.8 Å². The number of carbonyl (C=O) groups is 2. The van der Waals surface area contributed by atoms with Crippen LogP contribution in [-0.2, 0) is 4.79 Å². The molecule has 2 aromatic carbocycles. The Labute approximate surface area is 165 Å². The molecule has 7 nitrogen and oxygen atoms in total. The summed E-state index contributed by atoms with van der Waals surface area (Å²) < 4.78 is 1.51. The molecule has 0 aliphatic carbocycles. The molecule has 1 unspecified atom stereocenters. The molecular weight excluding hydrogens is 376 g/mol. The Bertz CT molecular complexity index is 1110. The maximum Gasteiger partial charge on any atom is 0.324 e. The Morgan fingerprint density at radius 1 is 1.11 bits per heavy atom. The van der Waals surface area contributed by atoms with E-state index in [9.17, 15) is 14.4 Å². The van der Waals surface area contributed by atoms with Gasteiger partial charge in [0.25, 0.3) is 5.56 Å². The van der Waals surface area contributed by atoms with E-state index in [4.69, 9.17) is 0 Å². The molecule has 1 aromatic heterocycles. The zero-order valence-corrected chi connectivity index (χ0v) is 16.0. The molecule has 1 saturated heterocycles. The van der Waals surface area contributed by atoms with Gasteiger partial charge in [0, 0.05) is 13.1 Å². The lowest BCUT2D eigenvalue weighted by Gasteiger charge is -2.19. The summed E-state index contributed by atoms with van der Waals surface area (Å²) >= 11 is 1.17. The van der Waals surface area contributed by atoms with Gasteiger partial charge in [-0.3, -0.25) is 19.1 Å². The Morgan fingerprint density at radius 2 is 1.82 bits per heavy atom. The number of nitrogens with one attached hydrogen (secondary N) is 1. The van der Waals surface area contributed by atoms with Gasteiger partial charge >= 0.3 is 6.03 Å². The Morgan fingerprint density at radius 3 is 2.54 bits per heavy atom.